The molecule has 1 aromatic heterocycles. The fourth-order valence-electron chi connectivity index (χ4n) is 2.46. The van der Waals surface area contributed by atoms with E-state index in [1.165, 1.54) is 22.6 Å². The number of hydrogen-bond donors (Lipinski definition) is 1. The van der Waals surface area contributed by atoms with E-state index in [1.54, 1.807) is 11.3 Å². The predicted octanol–water partition coefficient (Wildman–Crippen LogP) is 2.78. The fraction of sp³-hybridized carbons (Fsp3) is 0.385. The number of fused-ring (bicyclic) bond motifs is 3. The van der Waals surface area contributed by atoms with E-state index in [1.807, 2.05) is 0 Å². The molecule has 0 aliphatic carbocycles. The van der Waals surface area contributed by atoms with Crippen LogP contribution in [0, 0.1) is 5.82 Å². The van der Waals surface area contributed by atoms with Crippen LogP contribution in [0.25, 0.3) is 10.1 Å². The molecule has 1 aliphatic heterocycles. The number of rotatable bonds is 0. The maximum Gasteiger partial charge on any atom is 0.128 e. The third kappa shape index (κ3) is 1.81. The molecule has 0 saturated heterocycles. The lowest BCUT2D eigenvalue weighted by molar-refractivity contribution is 0.353. The van der Waals surface area contributed by atoms with Gasteiger partial charge in [0.2, 0.25) is 0 Å². The van der Waals surface area contributed by atoms with Gasteiger partial charge in [0.05, 0.1) is 0 Å². The minimum atomic E-state index is -0.358. The minimum Gasteiger partial charge on any atom is -0.507 e. The predicted molar refractivity (Wildman–Crippen MR) is 68.4 cm³/mol. The quantitative estimate of drug-likeness (QED) is 0.778. The van der Waals surface area contributed by atoms with Gasteiger partial charge in [0, 0.05) is 34.1 Å². The van der Waals surface area contributed by atoms with Crippen molar-refractivity contribution in [1.29, 1.82) is 0 Å². The Bertz CT molecular complexity index is 578. The van der Waals surface area contributed by atoms with E-state index < -0.39 is 0 Å². The monoisotopic (exact) mass is 251 g/mol. The summed E-state index contributed by atoms with van der Waals surface area (Å²) < 4.78 is 14.1. The van der Waals surface area contributed by atoms with Crippen LogP contribution in [0.4, 0.5) is 4.39 Å². The Morgan fingerprint density at radius 1 is 1.29 bits per heavy atom. The van der Waals surface area contributed by atoms with Crippen molar-refractivity contribution in [2.75, 3.05) is 20.1 Å². The summed E-state index contributed by atoms with van der Waals surface area (Å²) in [6.45, 7) is 2.03. The molecule has 3 rings (SSSR count). The lowest BCUT2D eigenvalue weighted by Gasteiger charge is -2.11. The van der Waals surface area contributed by atoms with Crippen molar-refractivity contribution >= 4 is 21.4 Å². The molecule has 1 aliphatic rings. The van der Waals surface area contributed by atoms with E-state index in [4.69, 9.17) is 0 Å². The van der Waals surface area contributed by atoms with Gasteiger partial charge in [-0.05, 0) is 31.5 Å². The Morgan fingerprint density at radius 3 is 2.88 bits per heavy atom. The molecule has 90 valence electrons. The topological polar surface area (TPSA) is 23.5 Å². The number of phenols is 1. The van der Waals surface area contributed by atoms with Gasteiger partial charge in [0.1, 0.15) is 11.6 Å². The molecule has 1 aromatic carbocycles. The molecule has 0 spiro atoms. The molecule has 0 radical (unpaired) electrons. The first kappa shape index (κ1) is 11.0. The van der Waals surface area contributed by atoms with Gasteiger partial charge in [-0.25, -0.2) is 4.39 Å². The van der Waals surface area contributed by atoms with Crippen molar-refractivity contribution in [3.8, 4) is 5.75 Å². The largest absolute Gasteiger partial charge is 0.507 e. The Labute approximate surface area is 103 Å². The van der Waals surface area contributed by atoms with E-state index in [9.17, 15) is 9.50 Å². The summed E-state index contributed by atoms with van der Waals surface area (Å²) in [7, 11) is 2.11. The van der Waals surface area contributed by atoms with Crippen LogP contribution in [-0.4, -0.2) is 30.1 Å². The molecule has 4 heteroatoms. The Morgan fingerprint density at radius 2 is 2.06 bits per heavy atom. The maximum atomic E-state index is 13.2. The van der Waals surface area contributed by atoms with Gasteiger partial charge in [-0.2, -0.15) is 0 Å². The molecule has 2 nitrogen and oxygen atoms in total. The van der Waals surface area contributed by atoms with Gasteiger partial charge in [0.25, 0.3) is 0 Å². The van der Waals surface area contributed by atoms with Crippen LogP contribution in [0.2, 0.25) is 0 Å². The summed E-state index contributed by atoms with van der Waals surface area (Å²) >= 11 is 1.62. The number of halogens is 1. The Kier molecular flexibility index (Phi) is 2.56. The number of phenolic OH excluding ortho intramolecular Hbond substituents is 1. The zero-order valence-electron chi connectivity index (χ0n) is 9.66. The van der Waals surface area contributed by atoms with Crippen molar-refractivity contribution in [2.45, 2.75) is 12.8 Å². The Hall–Kier alpha value is -1.13. The van der Waals surface area contributed by atoms with Crippen molar-refractivity contribution in [1.82, 2.24) is 4.90 Å². The average Bonchev–Trinajstić information content (AvgIpc) is 2.52. The van der Waals surface area contributed by atoms with Crippen molar-refractivity contribution < 1.29 is 9.50 Å². The molecule has 2 heterocycles. The average molecular weight is 251 g/mol. The summed E-state index contributed by atoms with van der Waals surface area (Å²) in [6, 6.07) is 2.74. The molecule has 17 heavy (non-hydrogen) atoms. The Balaban J connectivity index is 2.21. The molecular weight excluding hydrogens is 237 g/mol. The van der Waals surface area contributed by atoms with Gasteiger partial charge in [-0.1, -0.05) is 0 Å². The van der Waals surface area contributed by atoms with Gasteiger partial charge in [-0.3, -0.25) is 0 Å². The second kappa shape index (κ2) is 3.96. The van der Waals surface area contributed by atoms with E-state index >= 15 is 0 Å². The number of benzene rings is 1. The molecule has 2 aromatic rings. The van der Waals surface area contributed by atoms with Gasteiger partial charge in [-0.15, -0.1) is 11.3 Å². The highest BCUT2D eigenvalue weighted by atomic mass is 32.1. The number of hydrogen-bond acceptors (Lipinski definition) is 3. The summed E-state index contributed by atoms with van der Waals surface area (Å²) in [4.78, 5) is 3.59. The van der Waals surface area contributed by atoms with E-state index in [-0.39, 0.29) is 11.6 Å². The second-order valence-electron chi connectivity index (χ2n) is 4.61. The molecule has 0 saturated carbocycles. The standard InChI is InChI=1S/C13H14FNOS/c1-15-4-2-9-11(3-5-15)17-12-7-8(14)6-10(16)13(9)12/h6-7,16H,2-5H2,1H3. The molecule has 0 amide bonds. The first-order valence-electron chi connectivity index (χ1n) is 5.76. The van der Waals surface area contributed by atoms with Gasteiger partial charge >= 0.3 is 0 Å². The van der Waals surface area contributed by atoms with Crippen LogP contribution in [-0.2, 0) is 12.8 Å². The first-order valence-corrected chi connectivity index (χ1v) is 6.58. The van der Waals surface area contributed by atoms with E-state index in [2.05, 4.69) is 11.9 Å². The molecular formula is C13H14FNOS. The first-order chi connectivity index (χ1) is 8.15. The van der Waals surface area contributed by atoms with E-state index in [0.29, 0.717) is 0 Å². The summed E-state index contributed by atoms with van der Waals surface area (Å²) in [5.41, 5.74) is 1.21. The van der Waals surface area contributed by atoms with Crippen LogP contribution in [0.15, 0.2) is 12.1 Å². The maximum absolute atomic E-state index is 13.2. The third-order valence-electron chi connectivity index (χ3n) is 3.38. The fourth-order valence-corrected chi connectivity index (χ4v) is 3.75. The van der Waals surface area contributed by atoms with Crippen LogP contribution in [0.3, 0.4) is 0 Å². The van der Waals surface area contributed by atoms with E-state index in [0.717, 1.165) is 36.0 Å². The highest BCUT2D eigenvalue weighted by molar-refractivity contribution is 7.19. The SMILES string of the molecule is CN1CCc2sc3cc(F)cc(O)c3c2CC1. The summed E-state index contributed by atoms with van der Waals surface area (Å²) in [6.07, 6.45) is 1.93. The molecule has 0 fully saturated rings. The van der Waals surface area contributed by atoms with Crippen molar-refractivity contribution in [3.63, 3.8) is 0 Å². The summed E-state index contributed by atoms with van der Waals surface area (Å²) in [5.74, 6) is -0.273. The number of nitrogens with zero attached hydrogens (tertiary/aromatic N) is 1. The second-order valence-corrected chi connectivity index (χ2v) is 5.74. The highest BCUT2D eigenvalue weighted by Gasteiger charge is 2.19. The lowest BCUT2D eigenvalue weighted by atomic mass is 10.1. The number of likely N-dealkylation sites (N-methyl/N-ethyl adjacent to an activating group) is 1. The van der Waals surface area contributed by atoms with Crippen molar-refractivity contribution in [2.24, 2.45) is 0 Å². The van der Waals surface area contributed by atoms with Gasteiger partial charge in [0.15, 0.2) is 0 Å². The van der Waals surface area contributed by atoms with Crippen molar-refractivity contribution in [3.05, 3.63) is 28.4 Å². The highest BCUT2D eigenvalue weighted by Crippen LogP contribution is 2.39. The van der Waals surface area contributed by atoms with Crippen LogP contribution in [0.5, 0.6) is 5.75 Å². The zero-order chi connectivity index (χ0) is 12.0. The molecule has 0 bridgehead atoms. The minimum absolute atomic E-state index is 0.0852. The van der Waals surface area contributed by atoms with Gasteiger partial charge < -0.3 is 10.0 Å². The third-order valence-corrected chi connectivity index (χ3v) is 4.62. The van der Waals surface area contributed by atoms with Crippen LogP contribution < -0.4 is 0 Å². The smallest absolute Gasteiger partial charge is 0.128 e. The molecule has 0 unspecified atom stereocenters. The zero-order valence-corrected chi connectivity index (χ0v) is 10.5. The summed E-state index contributed by atoms with van der Waals surface area (Å²) in [5, 5.41) is 10.8. The van der Waals surface area contributed by atoms with Crippen LogP contribution >= 0.6 is 11.3 Å². The number of thiophene rings is 1. The molecule has 1 N–H and O–H groups in total. The van der Waals surface area contributed by atoms with Crippen LogP contribution in [0.1, 0.15) is 10.4 Å². The molecule has 0 atom stereocenters. The lowest BCUT2D eigenvalue weighted by Crippen LogP contribution is -2.20. The number of aromatic hydroxyl groups is 1. The normalized spacial score (nSPS) is 17.1.